The van der Waals surface area contributed by atoms with Gasteiger partial charge in [-0.25, -0.2) is 18.4 Å². The summed E-state index contributed by atoms with van der Waals surface area (Å²) in [6, 6.07) is 4.12. The van der Waals surface area contributed by atoms with Crippen LogP contribution in [-0.4, -0.2) is 31.5 Å². The van der Waals surface area contributed by atoms with Gasteiger partial charge in [0.2, 0.25) is 5.95 Å². The Bertz CT molecular complexity index is 806. The van der Waals surface area contributed by atoms with Crippen LogP contribution < -0.4 is 9.62 Å². The van der Waals surface area contributed by atoms with E-state index >= 15 is 0 Å². The Hall–Kier alpha value is -1.57. The van der Waals surface area contributed by atoms with Crippen molar-refractivity contribution in [2.45, 2.75) is 17.7 Å². The Labute approximate surface area is 144 Å². The molecule has 2 heterocycles. The number of benzene rings is 1. The number of sulfonamides is 1. The van der Waals surface area contributed by atoms with Crippen LogP contribution in [0.1, 0.15) is 12.8 Å². The smallest absolute Gasteiger partial charge is 0.262 e. The number of rotatable bonds is 4. The maximum absolute atomic E-state index is 12.3. The highest BCUT2D eigenvalue weighted by Gasteiger charge is 2.18. The summed E-state index contributed by atoms with van der Waals surface area (Å²) < 4.78 is 27.1. The van der Waals surface area contributed by atoms with Gasteiger partial charge in [-0.15, -0.1) is 0 Å². The zero-order valence-corrected chi connectivity index (χ0v) is 14.4. The SMILES string of the molecule is O=S(=O)(Nc1cnc(N2CCCC2)nc1)c1ccc(Cl)c(Cl)c1. The molecule has 1 N–H and O–H groups in total. The molecular weight excluding hydrogens is 359 g/mol. The van der Waals surface area contributed by atoms with Crippen molar-refractivity contribution in [3.63, 3.8) is 0 Å². The second-order valence-corrected chi connectivity index (χ2v) is 7.64. The van der Waals surface area contributed by atoms with E-state index in [9.17, 15) is 8.42 Å². The largest absolute Gasteiger partial charge is 0.341 e. The summed E-state index contributed by atoms with van der Waals surface area (Å²) in [6.07, 6.45) is 5.15. The van der Waals surface area contributed by atoms with Gasteiger partial charge in [0.05, 0.1) is 33.0 Å². The van der Waals surface area contributed by atoms with Gasteiger partial charge in [0, 0.05) is 13.1 Å². The lowest BCUT2D eigenvalue weighted by molar-refractivity contribution is 0.601. The number of hydrogen-bond acceptors (Lipinski definition) is 5. The third kappa shape index (κ3) is 3.68. The van der Waals surface area contributed by atoms with Gasteiger partial charge in [0.25, 0.3) is 10.0 Å². The fourth-order valence-corrected chi connectivity index (χ4v) is 3.73. The summed E-state index contributed by atoms with van der Waals surface area (Å²) in [5.41, 5.74) is 0.291. The van der Waals surface area contributed by atoms with Crippen molar-refractivity contribution < 1.29 is 8.42 Å². The fourth-order valence-electron chi connectivity index (χ4n) is 2.31. The normalized spacial score (nSPS) is 15.0. The van der Waals surface area contributed by atoms with Crippen LogP contribution in [0.25, 0.3) is 0 Å². The van der Waals surface area contributed by atoms with Gasteiger partial charge in [-0.2, -0.15) is 0 Å². The first-order chi connectivity index (χ1) is 11.0. The molecular formula is C14H14Cl2N4O2S. The Morgan fingerprint density at radius 1 is 1.04 bits per heavy atom. The molecule has 3 rings (SSSR count). The van der Waals surface area contributed by atoms with Crippen molar-refractivity contribution in [2.75, 3.05) is 22.7 Å². The van der Waals surface area contributed by atoms with E-state index in [2.05, 4.69) is 19.6 Å². The Balaban J connectivity index is 1.78. The number of aromatic nitrogens is 2. The number of hydrogen-bond donors (Lipinski definition) is 1. The molecule has 9 heteroatoms. The van der Waals surface area contributed by atoms with Crippen LogP contribution in [0.4, 0.5) is 11.6 Å². The molecule has 1 saturated heterocycles. The van der Waals surface area contributed by atoms with E-state index in [0.29, 0.717) is 16.7 Å². The molecule has 0 radical (unpaired) electrons. The molecule has 122 valence electrons. The predicted octanol–water partition coefficient (Wildman–Crippen LogP) is 3.18. The second kappa shape index (κ2) is 6.51. The lowest BCUT2D eigenvalue weighted by atomic mass is 10.4. The predicted molar refractivity (Wildman–Crippen MR) is 90.7 cm³/mol. The summed E-state index contributed by atoms with van der Waals surface area (Å²) in [5.74, 6) is 0.611. The van der Waals surface area contributed by atoms with Crippen LogP contribution in [0, 0.1) is 0 Å². The van der Waals surface area contributed by atoms with Gasteiger partial charge < -0.3 is 4.90 Å². The van der Waals surface area contributed by atoms with Gasteiger partial charge in [-0.1, -0.05) is 23.2 Å². The highest BCUT2D eigenvalue weighted by atomic mass is 35.5. The van der Waals surface area contributed by atoms with E-state index in [0.717, 1.165) is 25.9 Å². The topological polar surface area (TPSA) is 75.2 Å². The van der Waals surface area contributed by atoms with E-state index in [4.69, 9.17) is 23.2 Å². The van der Waals surface area contributed by atoms with Crippen molar-refractivity contribution in [3.8, 4) is 0 Å². The molecule has 1 aliphatic heterocycles. The molecule has 6 nitrogen and oxygen atoms in total. The quantitative estimate of drug-likeness (QED) is 0.891. The monoisotopic (exact) mass is 372 g/mol. The lowest BCUT2D eigenvalue weighted by Gasteiger charge is -2.15. The standard InChI is InChI=1S/C14H14Cl2N4O2S/c15-12-4-3-11(7-13(12)16)23(21,22)19-10-8-17-14(18-9-10)20-5-1-2-6-20/h3-4,7-9,19H,1-2,5-6H2. The molecule has 1 aromatic carbocycles. The Kier molecular flexibility index (Phi) is 4.61. The first kappa shape index (κ1) is 16.3. The van der Waals surface area contributed by atoms with E-state index < -0.39 is 10.0 Å². The summed E-state index contributed by atoms with van der Waals surface area (Å²) in [4.78, 5) is 10.5. The molecule has 0 saturated carbocycles. The minimum atomic E-state index is -3.77. The summed E-state index contributed by atoms with van der Waals surface area (Å²) in [5, 5.41) is 0.471. The van der Waals surface area contributed by atoms with Gasteiger partial charge in [0.15, 0.2) is 0 Å². The van der Waals surface area contributed by atoms with E-state index in [1.807, 2.05) is 0 Å². The van der Waals surface area contributed by atoms with Crippen molar-refractivity contribution >= 4 is 44.9 Å². The molecule has 0 unspecified atom stereocenters. The van der Waals surface area contributed by atoms with Crippen LogP contribution >= 0.6 is 23.2 Å². The van der Waals surface area contributed by atoms with Gasteiger partial charge in [-0.3, -0.25) is 4.72 Å². The maximum Gasteiger partial charge on any atom is 0.262 e. The maximum atomic E-state index is 12.3. The Morgan fingerprint density at radius 3 is 2.30 bits per heavy atom. The molecule has 1 aromatic heterocycles. The number of anilines is 2. The van der Waals surface area contributed by atoms with Crippen LogP contribution in [0.5, 0.6) is 0 Å². The minimum Gasteiger partial charge on any atom is -0.341 e. The van der Waals surface area contributed by atoms with Crippen molar-refractivity contribution in [3.05, 3.63) is 40.6 Å². The average Bonchev–Trinajstić information content (AvgIpc) is 3.04. The van der Waals surface area contributed by atoms with Gasteiger partial charge in [0.1, 0.15) is 0 Å². The molecule has 0 atom stereocenters. The van der Waals surface area contributed by atoms with E-state index in [-0.39, 0.29) is 9.92 Å². The van der Waals surface area contributed by atoms with Crippen LogP contribution in [0.3, 0.4) is 0 Å². The highest BCUT2D eigenvalue weighted by molar-refractivity contribution is 7.92. The third-order valence-corrected chi connectivity index (χ3v) is 5.60. The van der Waals surface area contributed by atoms with Gasteiger partial charge in [-0.05, 0) is 31.0 Å². The van der Waals surface area contributed by atoms with Crippen LogP contribution in [0.15, 0.2) is 35.5 Å². The second-order valence-electron chi connectivity index (χ2n) is 5.15. The van der Waals surface area contributed by atoms with Crippen LogP contribution in [0.2, 0.25) is 10.0 Å². The molecule has 0 spiro atoms. The number of halogens is 2. The molecule has 1 fully saturated rings. The summed E-state index contributed by atoms with van der Waals surface area (Å²) >= 11 is 11.7. The molecule has 0 aliphatic carbocycles. The van der Waals surface area contributed by atoms with Crippen molar-refractivity contribution in [1.29, 1.82) is 0 Å². The first-order valence-corrected chi connectivity index (χ1v) is 9.24. The minimum absolute atomic E-state index is 0.0236. The first-order valence-electron chi connectivity index (χ1n) is 7.00. The van der Waals surface area contributed by atoms with Crippen LogP contribution in [-0.2, 0) is 10.0 Å². The highest BCUT2D eigenvalue weighted by Crippen LogP contribution is 2.26. The third-order valence-electron chi connectivity index (χ3n) is 3.48. The zero-order chi connectivity index (χ0) is 16.4. The van der Waals surface area contributed by atoms with Crippen molar-refractivity contribution in [1.82, 2.24) is 9.97 Å². The fraction of sp³-hybridized carbons (Fsp3) is 0.286. The number of nitrogens with one attached hydrogen (secondary N) is 1. The molecule has 0 amide bonds. The molecule has 1 aliphatic rings. The van der Waals surface area contributed by atoms with E-state index in [1.54, 1.807) is 0 Å². The average molecular weight is 373 g/mol. The zero-order valence-electron chi connectivity index (χ0n) is 12.0. The molecule has 23 heavy (non-hydrogen) atoms. The summed E-state index contributed by atoms with van der Waals surface area (Å²) in [7, 11) is -3.77. The lowest BCUT2D eigenvalue weighted by Crippen LogP contribution is -2.20. The Morgan fingerprint density at radius 2 is 1.70 bits per heavy atom. The molecule has 0 bridgehead atoms. The summed E-state index contributed by atoms with van der Waals surface area (Å²) in [6.45, 7) is 1.85. The number of nitrogens with zero attached hydrogens (tertiary/aromatic N) is 3. The molecule has 2 aromatic rings. The van der Waals surface area contributed by atoms with Gasteiger partial charge >= 0.3 is 0 Å². The van der Waals surface area contributed by atoms with Crippen molar-refractivity contribution in [2.24, 2.45) is 0 Å². The van der Waals surface area contributed by atoms with E-state index in [1.165, 1.54) is 30.6 Å².